The molecule has 7 nitrogen and oxygen atoms in total. The first-order valence-corrected chi connectivity index (χ1v) is 7.16. The molecular weight excluding hydrogens is 272 g/mol. The Morgan fingerprint density at radius 1 is 1.24 bits per heavy atom. The Kier molecular flexibility index (Phi) is 6.33. The molecule has 1 aromatic heterocycles. The van der Waals surface area contributed by atoms with Crippen molar-refractivity contribution in [1.29, 1.82) is 0 Å². The maximum Gasteiger partial charge on any atom is 0.309 e. The molecule has 0 aliphatic heterocycles. The molecule has 0 radical (unpaired) electrons. The van der Waals surface area contributed by atoms with E-state index < -0.39 is 5.97 Å². The van der Waals surface area contributed by atoms with Gasteiger partial charge in [0.05, 0.1) is 12.1 Å². The molecule has 0 spiro atoms. The van der Waals surface area contributed by atoms with Gasteiger partial charge < -0.3 is 10.0 Å². The van der Waals surface area contributed by atoms with Gasteiger partial charge in [-0.05, 0) is 11.8 Å². The predicted molar refractivity (Wildman–Crippen MR) is 77.6 cm³/mol. The van der Waals surface area contributed by atoms with Crippen molar-refractivity contribution in [3.05, 3.63) is 11.9 Å². The molecule has 1 aromatic rings. The van der Waals surface area contributed by atoms with Crippen LogP contribution in [0, 0.1) is 11.8 Å². The zero-order chi connectivity index (χ0) is 16.0. The van der Waals surface area contributed by atoms with E-state index in [-0.39, 0.29) is 18.9 Å². The van der Waals surface area contributed by atoms with Gasteiger partial charge >= 0.3 is 5.97 Å². The lowest BCUT2D eigenvalue weighted by atomic mass is 10.1. The maximum absolute atomic E-state index is 12.3. The number of nitrogens with zero attached hydrogens (tertiary/aromatic N) is 4. The number of aromatic nitrogens is 3. The Morgan fingerprint density at radius 3 is 2.29 bits per heavy atom. The largest absolute Gasteiger partial charge is 0.481 e. The Balaban J connectivity index is 2.67. The van der Waals surface area contributed by atoms with E-state index in [1.165, 1.54) is 10.9 Å². The van der Waals surface area contributed by atoms with Crippen LogP contribution in [0.4, 0.5) is 0 Å². The van der Waals surface area contributed by atoms with Gasteiger partial charge in [-0.25, -0.2) is 4.68 Å². The third kappa shape index (κ3) is 6.37. The first-order chi connectivity index (χ1) is 9.77. The van der Waals surface area contributed by atoms with Crippen LogP contribution in [-0.4, -0.2) is 50.0 Å². The highest BCUT2D eigenvalue weighted by Gasteiger charge is 2.17. The third-order valence-electron chi connectivity index (χ3n) is 2.74. The molecule has 0 saturated heterocycles. The van der Waals surface area contributed by atoms with Crippen LogP contribution in [0.2, 0.25) is 0 Å². The molecule has 1 heterocycles. The molecule has 0 aliphatic carbocycles. The van der Waals surface area contributed by atoms with Crippen molar-refractivity contribution in [3.63, 3.8) is 0 Å². The number of carboxylic acid groups (broad SMARTS) is 1. The number of carbonyl (C=O) groups is 2. The van der Waals surface area contributed by atoms with E-state index in [1.807, 2.05) is 4.90 Å². The maximum atomic E-state index is 12.3. The summed E-state index contributed by atoms with van der Waals surface area (Å²) in [5, 5.41) is 16.3. The second-order valence-corrected chi connectivity index (χ2v) is 6.06. The van der Waals surface area contributed by atoms with Gasteiger partial charge in [-0.3, -0.25) is 9.59 Å². The normalized spacial score (nSPS) is 11.1. The summed E-state index contributed by atoms with van der Waals surface area (Å²) in [7, 11) is 0. The molecule has 0 unspecified atom stereocenters. The number of rotatable bonds is 8. The standard InChI is InChI=1S/C14H24N4O3/c1-10(2)6-17(7-11(3)4)13(19)9-18-8-12(15-16-18)5-14(20)21/h8,10-11H,5-7,9H2,1-4H3,(H,20,21). The van der Waals surface area contributed by atoms with Crippen molar-refractivity contribution in [3.8, 4) is 0 Å². The Hall–Kier alpha value is -1.92. The number of carbonyl (C=O) groups excluding carboxylic acids is 1. The minimum absolute atomic E-state index is 0.0239. The van der Waals surface area contributed by atoms with Gasteiger partial charge in [-0.15, -0.1) is 5.10 Å². The summed E-state index contributed by atoms with van der Waals surface area (Å²) >= 11 is 0. The second-order valence-electron chi connectivity index (χ2n) is 6.06. The monoisotopic (exact) mass is 296 g/mol. The molecule has 0 aliphatic rings. The molecule has 0 aromatic carbocycles. The first kappa shape index (κ1) is 17.1. The molecule has 1 amide bonds. The summed E-state index contributed by atoms with van der Waals surface area (Å²) in [6.45, 7) is 9.78. The topological polar surface area (TPSA) is 88.3 Å². The van der Waals surface area contributed by atoms with Crippen LogP contribution < -0.4 is 0 Å². The van der Waals surface area contributed by atoms with Gasteiger partial charge in [0.25, 0.3) is 0 Å². The van der Waals surface area contributed by atoms with Crippen molar-refractivity contribution < 1.29 is 14.7 Å². The van der Waals surface area contributed by atoms with Crippen LogP contribution in [0.1, 0.15) is 33.4 Å². The van der Waals surface area contributed by atoms with Crippen molar-refractivity contribution >= 4 is 11.9 Å². The van der Waals surface area contributed by atoms with Crippen molar-refractivity contribution in [1.82, 2.24) is 19.9 Å². The predicted octanol–water partition coefficient (Wildman–Crippen LogP) is 1.05. The molecule has 7 heteroatoms. The summed E-state index contributed by atoms with van der Waals surface area (Å²) in [4.78, 5) is 24.8. The third-order valence-corrected chi connectivity index (χ3v) is 2.74. The Morgan fingerprint density at radius 2 is 1.81 bits per heavy atom. The van der Waals surface area contributed by atoms with Crippen molar-refractivity contribution in [2.45, 2.75) is 40.7 Å². The lowest BCUT2D eigenvalue weighted by Crippen LogP contribution is -2.39. The molecule has 118 valence electrons. The molecule has 1 rings (SSSR count). The summed E-state index contributed by atoms with van der Waals surface area (Å²) < 4.78 is 1.40. The SMILES string of the molecule is CC(C)CN(CC(C)C)C(=O)Cn1cc(CC(=O)O)nn1. The fraction of sp³-hybridized carbons (Fsp3) is 0.714. The van der Waals surface area contributed by atoms with E-state index in [0.717, 1.165) is 0 Å². The van der Waals surface area contributed by atoms with E-state index in [0.29, 0.717) is 30.6 Å². The molecular formula is C14H24N4O3. The Labute approximate surface area is 124 Å². The number of hydrogen-bond donors (Lipinski definition) is 1. The van der Waals surface area contributed by atoms with Crippen LogP contribution >= 0.6 is 0 Å². The van der Waals surface area contributed by atoms with Gasteiger partial charge in [0.2, 0.25) is 5.91 Å². The van der Waals surface area contributed by atoms with Gasteiger partial charge in [0.1, 0.15) is 6.54 Å². The van der Waals surface area contributed by atoms with Gasteiger partial charge in [-0.1, -0.05) is 32.9 Å². The summed E-state index contributed by atoms with van der Waals surface area (Å²) in [6, 6.07) is 0. The molecule has 0 saturated carbocycles. The average Bonchev–Trinajstić information content (AvgIpc) is 2.73. The lowest BCUT2D eigenvalue weighted by Gasteiger charge is -2.26. The zero-order valence-corrected chi connectivity index (χ0v) is 13.1. The highest BCUT2D eigenvalue weighted by atomic mass is 16.4. The Bertz CT molecular complexity index is 472. The van der Waals surface area contributed by atoms with Crippen molar-refractivity contribution in [2.75, 3.05) is 13.1 Å². The minimum Gasteiger partial charge on any atom is -0.481 e. The van der Waals surface area contributed by atoms with E-state index in [2.05, 4.69) is 38.0 Å². The fourth-order valence-electron chi connectivity index (χ4n) is 2.05. The lowest BCUT2D eigenvalue weighted by molar-refractivity contribution is -0.136. The molecule has 0 fully saturated rings. The smallest absolute Gasteiger partial charge is 0.309 e. The van der Waals surface area contributed by atoms with Crippen LogP contribution in [0.5, 0.6) is 0 Å². The number of carboxylic acids is 1. The average molecular weight is 296 g/mol. The van der Waals surface area contributed by atoms with Crippen LogP contribution in [0.25, 0.3) is 0 Å². The highest BCUT2D eigenvalue weighted by Crippen LogP contribution is 2.06. The quantitative estimate of drug-likeness (QED) is 0.774. The first-order valence-electron chi connectivity index (χ1n) is 7.16. The van der Waals surface area contributed by atoms with Crippen LogP contribution in [-0.2, 0) is 22.6 Å². The van der Waals surface area contributed by atoms with E-state index in [4.69, 9.17) is 5.11 Å². The molecule has 1 N–H and O–H groups in total. The highest BCUT2D eigenvalue weighted by molar-refractivity contribution is 5.76. The molecule has 0 atom stereocenters. The minimum atomic E-state index is -0.963. The number of hydrogen-bond acceptors (Lipinski definition) is 4. The van der Waals surface area contributed by atoms with Gasteiger partial charge in [-0.2, -0.15) is 0 Å². The summed E-state index contributed by atoms with van der Waals surface area (Å²) in [6.07, 6.45) is 1.32. The van der Waals surface area contributed by atoms with Crippen molar-refractivity contribution in [2.24, 2.45) is 11.8 Å². The van der Waals surface area contributed by atoms with Gasteiger partial charge in [0.15, 0.2) is 0 Å². The van der Waals surface area contributed by atoms with Crippen LogP contribution in [0.3, 0.4) is 0 Å². The number of aliphatic carboxylic acids is 1. The van der Waals surface area contributed by atoms with E-state index >= 15 is 0 Å². The molecule has 0 bridgehead atoms. The summed E-state index contributed by atoms with van der Waals surface area (Å²) in [5.74, 6) is -0.198. The number of amides is 1. The van der Waals surface area contributed by atoms with Crippen LogP contribution in [0.15, 0.2) is 6.20 Å². The zero-order valence-electron chi connectivity index (χ0n) is 13.1. The molecule has 21 heavy (non-hydrogen) atoms. The fourth-order valence-corrected chi connectivity index (χ4v) is 2.05. The van der Waals surface area contributed by atoms with E-state index in [9.17, 15) is 9.59 Å². The van der Waals surface area contributed by atoms with Gasteiger partial charge in [0, 0.05) is 19.3 Å². The second kappa shape index (κ2) is 7.75. The van der Waals surface area contributed by atoms with E-state index in [1.54, 1.807) is 0 Å². The summed E-state index contributed by atoms with van der Waals surface area (Å²) in [5.41, 5.74) is 0.356.